The number of hydrogen-bond donors (Lipinski definition) is 0. The maximum atomic E-state index is 12.5. The average Bonchev–Trinajstić information content (AvgIpc) is 2.99. The molecule has 106 valence electrons. The summed E-state index contributed by atoms with van der Waals surface area (Å²) in [4.78, 5) is 8.24. The molecule has 0 saturated carbocycles. The number of aromatic nitrogens is 5. The minimum Gasteiger partial charge on any atom is -0.218 e. The van der Waals surface area contributed by atoms with Gasteiger partial charge in [-0.2, -0.15) is 4.68 Å². The van der Waals surface area contributed by atoms with E-state index in [4.69, 9.17) is 11.6 Å². The summed E-state index contributed by atoms with van der Waals surface area (Å²) < 4.78 is 26.1. The molecule has 2 aromatic heterocycles. The lowest BCUT2D eigenvalue weighted by molar-refractivity contribution is 0.146. The van der Waals surface area contributed by atoms with E-state index in [0.717, 1.165) is 16.4 Å². The summed E-state index contributed by atoms with van der Waals surface area (Å²) in [5.41, 5.74) is 0.853. The van der Waals surface area contributed by atoms with E-state index in [-0.39, 0.29) is 5.95 Å². The van der Waals surface area contributed by atoms with Crippen molar-refractivity contribution in [1.29, 1.82) is 0 Å². The van der Waals surface area contributed by atoms with Crippen molar-refractivity contribution < 1.29 is 8.78 Å². The molecule has 0 bridgehead atoms. The third-order valence-corrected chi connectivity index (χ3v) is 2.99. The summed E-state index contributed by atoms with van der Waals surface area (Å²) in [7, 11) is 0. The summed E-state index contributed by atoms with van der Waals surface area (Å²) in [6.07, 6.45) is -0.210. The number of alkyl halides is 2. The van der Waals surface area contributed by atoms with Gasteiger partial charge < -0.3 is 0 Å². The molecule has 3 aromatic rings. The van der Waals surface area contributed by atoms with Crippen LogP contribution in [0.1, 0.15) is 12.1 Å². The molecule has 2 heterocycles. The molecule has 21 heavy (non-hydrogen) atoms. The van der Waals surface area contributed by atoms with Gasteiger partial charge in [-0.3, -0.25) is 0 Å². The fraction of sp³-hybridized carbons (Fsp3) is 0.0769. The van der Waals surface area contributed by atoms with Crippen molar-refractivity contribution in [1.82, 2.24) is 25.0 Å². The summed E-state index contributed by atoms with van der Waals surface area (Å²) >= 11 is 6.08. The SMILES string of the molecule is FC(F)c1cn(-c2ncc(Cl)c(-c3ccccc3)n2)nn1. The summed E-state index contributed by atoms with van der Waals surface area (Å²) in [5, 5.41) is 7.32. The van der Waals surface area contributed by atoms with Crippen LogP contribution in [0.4, 0.5) is 8.78 Å². The lowest BCUT2D eigenvalue weighted by Gasteiger charge is -2.05. The number of halogens is 3. The lowest BCUT2D eigenvalue weighted by atomic mass is 10.1. The van der Waals surface area contributed by atoms with E-state index >= 15 is 0 Å². The van der Waals surface area contributed by atoms with E-state index in [1.54, 1.807) is 0 Å². The first kappa shape index (κ1) is 13.6. The predicted molar refractivity (Wildman–Crippen MR) is 72.4 cm³/mol. The van der Waals surface area contributed by atoms with Gasteiger partial charge >= 0.3 is 0 Å². The van der Waals surface area contributed by atoms with Gasteiger partial charge in [-0.25, -0.2) is 18.7 Å². The Hall–Kier alpha value is -2.41. The van der Waals surface area contributed by atoms with Crippen LogP contribution in [0.3, 0.4) is 0 Å². The summed E-state index contributed by atoms with van der Waals surface area (Å²) in [5.74, 6) is 0.123. The molecule has 0 aliphatic carbocycles. The molecule has 1 aromatic carbocycles. The van der Waals surface area contributed by atoms with Crippen LogP contribution in [0.2, 0.25) is 5.02 Å². The van der Waals surface area contributed by atoms with Crippen LogP contribution in [0.5, 0.6) is 0 Å². The third kappa shape index (κ3) is 2.73. The Balaban J connectivity index is 2.05. The lowest BCUT2D eigenvalue weighted by Crippen LogP contribution is -2.03. The maximum absolute atomic E-state index is 12.5. The fourth-order valence-electron chi connectivity index (χ4n) is 1.74. The summed E-state index contributed by atoms with van der Waals surface area (Å²) in [6.45, 7) is 0. The van der Waals surface area contributed by atoms with Crippen molar-refractivity contribution in [2.45, 2.75) is 6.43 Å². The molecule has 0 radical (unpaired) electrons. The predicted octanol–water partition coefficient (Wildman–Crippen LogP) is 3.32. The quantitative estimate of drug-likeness (QED) is 0.745. The third-order valence-electron chi connectivity index (χ3n) is 2.72. The van der Waals surface area contributed by atoms with Crippen LogP contribution in [-0.2, 0) is 0 Å². The molecule has 0 amide bonds. The maximum Gasteiger partial charge on any atom is 0.283 e. The molecular formula is C13H8ClF2N5. The monoisotopic (exact) mass is 307 g/mol. The van der Waals surface area contributed by atoms with Gasteiger partial charge in [-0.05, 0) is 0 Å². The van der Waals surface area contributed by atoms with Crippen LogP contribution in [0.25, 0.3) is 17.2 Å². The van der Waals surface area contributed by atoms with Gasteiger partial charge in [0.25, 0.3) is 12.4 Å². The largest absolute Gasteiger partial charge is 0.283 e. The van der Waals surface area contributed by atoms with E-state index in [1.807, 2.05) is 30.3 Å². The van der Waals surface area contributed by atoms with Crippen LogP contribution in [0, 0.1) is 0 Å². The molecule has 5 nitrogen and oxygen atoms in total. The van der Waals surface area contributed by atoms with Crippen LogP contribution in [-0.4, -0.2) is 25.0 Å². The first-order valence-electron chi connectivity index (χ1n) is 5.94. The van der Waals surface area contributed by atoms with Crippen LogP contribution in [0.15, 0.2) is 42.7 Å². The van der Waals surface area contributed by atoms with Crippen molar-refractivity contribution in [3.05, 3.63) is 53.4 Å². The van der Waals surface area contributed by atoms with E-state index in [1.165, 1.54) is 6.20 Å². The minimum atomic E-state index is -2.69. The second-order valence-corrected chi connectivity index (χ2v) is 4.53. The molecule has 8 heteroatoms. The standard InChI is InChI=1S/C13H8ClF2N5/c14-9-6-17-13(21-7-10(12(15)16)19-20-21)18-11(9)8-4-2-1-3-5-8/h1-7,12H. The van der Waals surface area contributed by atoms with Gasteiger partial charge in [-0.1, -0.05) is 47.1 Å². The highest BCUT2D eigenvalue weighted by atomic mass is 35.5. The highest BCUT2D eigenvalue weighted by Crippen LogP contribution is 2.25. The molecular weight excluding hydrogens is 300 g/mol. The van der Waals surface area contributed by atoms with Gasteiger partial charge in [0.15, 0.2) is 0 Å². The Morgan fingerprint density at radius 3 is 2.57 bits per heavy atom. The van der Waals surface area contributed by atoms with Gasteiger partial charge in [0.1, 0.15) is 5.69 Å². The molecule has 0 fully saturated rings. The Kier molecular flexibility index (Phi) is 3.57. The number of benzene rings is 1. The Morgan fingerprint density at radius 2 is 1.90 bits per heavy atom. The molecule has 0 saturated heterocycles. The second kappa shape index (κ2) is 5.53. The zero-order valence-electron chi connectivity index (χ0n) is 10.5. The topological polar surface area (TPSA) is 56.5 Å². The van der Waals surface area contributed by atoms with Gasteiger partial charge in [-0.15, -0.1) is 5.10 Å². The Morgan fingerprint density at radius 1 is 1.14 bits per heavy atom. The van der Waals surface area contributed by atoms with Gasteiger partial charge in [0, 0.05) is 5.56 Å². The van der Waals surface area contributed by atoms with Crippen molar-refractivity contribution >= 4 is 11.6 Å². The second-order valence-electron chi connectivity index (χ2n) is 4.12. The van der Waals surface area contributed by atoms with Crippen molar-refractivity contribution in [3.63, 3.8) is 0 Å². The van der Waals surface area contributed by atoms with E-state index in [0.29, 0.717) is 10.7 Å². The van der Waals surface area contributed by atoms with Crippen LogP contribution >= 0.6 is 11.6 Å². The number of rotatable bonds is 3. The molecule has 0 aliphatic heterocycles. The molecule has 0 N–H and O–H groups in total. The average molecular weight is 308 g/mol. The minimum absolute atomic E-state index is 0.123. The van der Waals surface area contributed by atoms with Crippen molar-refractivity contribution in [3.8, 4) is 17.2 Å². The molecule has 0 aliphatic rings. The van der Waals surface area contributed by atoms with E-state index in [9.17, 15) is 8.78 Å². The Bertz CT molecular complexity index is 760. The van der Waals surface area contributed by atoms with Crippen molar-refractivity contribution in [2.75, 3.05) is 0 Å². The van der Waals surface area contributed by atoms with Gasteiger partial charge in [0.2, 0.25) is 0 Å². The normalized spacial score (nSPS) is 11.0. The molecule has 0 atom stereocenters. The van der Waals surface area contributed by atoms with Gasteiger partial charge in [0.05, 0.1) is 23.1 Å². The zero-order chi connectivity index (χ0) is 14.8. The van der Waals surface area contributed by atoms with E-state index in [2.05, 4.69) is 20.3 Å². The fourth-order valence-corrected chi connectivity index (χ4v) is 1.94. The van der Waals surface area contributed by atoms with Crippen LogP contribution < -0.4 is 0 Å². The smallest absolute Gasteiger partial charge is 0.218 e. The number of hydrogen-bond acceptors (Lipinski definition) is 4. The zero-order valence-corrected chi connectivity index (χ0v) is 11.2. The highest BCUT2D eigenvalue weighted by Gasteiger charge is 2.15. The first-order chi connectivity index (χ1) is 10.1. The molecule has 3 rings (SSSR count). The van der Waals surface area contributed by atoms with E-state index < -0.39 is 12.1 Å². The number of nitrogens with zero attached hydrogens (tertiary/aromatic N) is 5. The summed E-state index contributed by atoms with van der Waals surface area (Å²) in [6, 6.07) is 9.23. The Labute approximate surface area is 123 Å². The van der Waals surface area contributed by atoms with Crippen molar-refractivity contribution in [2.24, 2.45) is 0 Å². The molecule has 0 spiro atoms. The molecule has 0 unspecified atom stereocenters. The highest BCUT2D eigenvalue weighted by molar-refractivity contribution is 6.32. The first-order valence-corrected chi connectivity index (χ1v) is 6.31.